The van der Waals surface area contributed by atoms with Crippen LogP contribution in [0.1, 0.15) is 0 Å². The molecule has 0 amide bonds. The molecule has 1 heterocycles. The second-order valence-corrected chi connectivity index (χ2v) is 0.838. The molecule has 0 aliphatic heterocycles. The monoisotopic (exact) mass is 87.1 g/mol. The molecule has 0 fully saturated rings. The van der Waals surface area contributed by atoms with Gasteiger partial charge in [0.2, 0.25) is 0 Å². The zero-order valence-corrected chi connectivity index (χ0v) is 3.13. The Morgan fingerprint density at radius 1 is 1.14 bits per heavy atom. The summed E-state index contributed by atoms with van der Waals surface area (Å²) in [6.45, 7) is 0. The van der Waals surface area contributed by atoms with Crippen LogP contribution in [0.25, 0.3) is 0 Å². The average Bonchev–Trinajstić information content (AvgIpc) is 1.72. The fourth-order valence-electron chi connectivity index (χ4n) is 0.225. The number of hydrogen-bond donors (Lipinski definition) is 0. The molecule has 1 rings (SSSR count). The van der Waals surface area contributed by atoms with Crippen LogP contribution in [0.4, 0.5) is 0 Å². The predicted octanol–water partition coefficient (Wildman–Crippen LogP) is -0.372. The van der Waals surface area contributed by atoms with E-state index in [2.05, 4.69) is 16.0 Å². The first-order chi connectivity index (χ1) is 3.00. The SMILES string of the molecule is [LiH].[c]1cncnc1. The van der Waals surface area contributed by atoms with E-state index in [1.165, 1.54) is 6.33 Å². The van der Waals surface area contributed by atoms with Crippen LogP contribution in [0.3, 0.4) is 0 Å². The van der Waals surface area contributed by atoms with Gasteiger partial charge in [-0.3, -0.25) is 0 Å². The van der Waals surface area contributed by atoms with E-state index in [4.69, 9.17) is 0 Å². The summed E-state index contributed by atoms with van der Waals surface area (Å²) in [5.41, 5.74) is 0. The molecule has 0 bridgehead atoms. The molecule has 0 aliphatic rings. The van der Waals surface area contributed by atoms with Crippen molar-refractivity contribution in [2.45, 2.75) is 0 Å². The number of hydrogen-bond acceptors (Lipinski definition) is 2. The van der Waals surface area contributed by atoms with E-state index in [0.29, 0.717) is 0 Å². The largest absolute Gasteiger partial charge is 0.244 e. The van der Waals surface area contributed by atoms with Gasteiger partial charge in [0.25, 0.3) is 0 Å². The molecular formula is C4H4LiN2. The van der Waals surface area contributed by atoms with Gasteiger partial charge in [-0.15, -0.1) is 0 Å². The van der Waals surface area contributed by atoms with Crippen LogP contribution in [0.5, 0.6) is 0 Å². The maximum Gasteiger partial charge on any atom is 0.115 e. The maximum atomic E-state index is 3.62. The van der Waals surface area contributed by atoms with Crippen molar-refractivity contribution in [3.63, 3.8) is 0 Å². The first-order valence-corrected chi connectivity index (χ1v) is 1.61. The standard InChI is InChI=1S/C4H3N2.Li.H/c1-2-5-4-6-3-1;;/h2-4H;;. The first kappa shape index (κ1) is 6.68. The molecule has 0 spiro atoms. The van der Waals surface area contributed by atoms with Crippen LogP contribution < -0.4 is 0 Å². The number of aromatic nitrogens is 2. The quantitative estimate of drug-likeness (QED) is 0.403. The van der Waals surface area contributed by atoms with E-state index in [1.807, 2.05) is 0 Å². The molecule has 0 N–H and O–H groups in total. The van der Waals surface area contributed by atoms with Crippen molar-refractivity contribution in [1.82, 2.24) is 9.97 Å². The predicted molar refractivity (Wildman–Crippen MR) is 28.0 cm³/mol. The molecule has 0 saturated carbocycles. The Labute approximate surface area is 54.2 Å². The molecular weight excluding hydrogens is 83.0 g/mol. The van der Waals surface area contributed by atoms with Gasteiger partial charge in [-0.25, -0.2) is 9.97 Å². The van der Waals surface area contributed by atoms with Gasteiger partial charge in [-0.2, -0.15) is 0 Å². The van der Waals surface area contributed by atoms with Gasteiger partial charge >= 0.3 is 18.9 Å². The number of rotatable bonds is 0. The van der Waals surface area contributed by atoms with E-state index in [-0.39, 0.29) is 18.9 Å². The molecule has 0 atom stereocenters. The molecule has 1 aromatic heterocycles. The Kier molecular flexibility index (Phi) is 3.68. The summed E-state index contributed by atoms with van der Waals surface area (Å²) >= 11 is 0. The molecule has 0 aromatic carbocycles. The molecule has 0 unspecified atom stereocenters. The van der Waals surface area contributed by atoms with Crippen LogP contribution in [-0.4, -0.2) is 28.8 Å². The molecule has 1 aromatic rings. The van der Waals surface area contributed by atoms with E-state index >= 15 is 0 Å². The second-order valence-electron chi connectivity index (χ2n) is 0.838. The summed E-state index contributed by atoms with van der Waals surface area (Å²) in [5, 5.41) is 0. The van der Waals surface area contributed by atoms with Crippen molar-refractivity contribution in [3.05, 3.63) is 24.8 Å². The Morgan fingerprint density at radius 2 is 1.71 bits per heavy atom. The smallest absolute Gasteiger partial charge is 0.115 e. The van der Waals surface area contributed by atoms with Crippen LogP contribution in [0, 0.1) is 6.07 Å². The summed E-state index contributed by atoms with van der Waals surface area (Å²) in [4.78, 5) is 7.24. The minimum atomic E-state index is 0. The Balaban J connectivity index is 0.000000360. The third-order valence-corrected chi connectivity index (χ3v) is 0.431. The van der Waals surface area contributed by atoms with Gasteiger partial charge in [-0.1, -0.05) is 0 Å². The van der Waals surface area contributed by atoms with E-state index in [9.17, 15) is 0 Å². The number of nitrogens with zero attached hydrogens (tertiary/aromatic N) is 2. The van der Waals surface area contributed by atoms with Crippen molar-refractivity contribution >= 4 is 18.9 Å². The molecule has 7 heavy (non-hydrogen) atoms. The minimum absolute atomic E-state index is 0. The topological polar surface area (TPSA) is 25.8 Å². The summed E-state index contributed by atoms with van der Waals surface area (Å²) < 4.78 is 0. The van der Waals surface area contributed by atoms with Crippen molar-refractivity contribution in [3.8, 4) is 0 Å². The molecule has 3 heteroatoms. The van der Waals surface area contributed by atoms with Crippen LogP contribution in [0.15, 0.2) is 18.7 Å². The summed E-state index contributed by atoms with van der Waals surface area (Å²) in [7, 11) is 0. The van der Waals surface area contributed by atoms with Gasteiger partial charge in [0.15, 0.2) is 0 Å². The minimum Gasteiger partial charge on any atom is -0.244 e. The fraction of sp³-hybridized carbons (Fsp3) is 0. The molecule has 0 saturated heterocycles. The Hall–Kier alpha value is -0.323. The zero-order valence-electron chi connectivity index (χ0n) is 3.13. The Bertz CT molecular complexity index is 81.6. The normalized spacial score (nSPS) is 6.86. The molecule has 2 nitrogen and oxygen atoms in total. The Morgan fingerprint density at radius 3 is 1.86 bits per heavy atom. The van der Waals surface area contributed by atoms with Gasteiger partial charge in [0.05, 0.1) is 0 Å². The van der Waals surface area contributed by atoms with E-state index < -0.39 is 0 Å². The van der Waals surface area contributed by atoms with Gasteiger partial charge < -0.3 is 0 Å². The molecule has 31 valence electrons. The molecule has 1 radical (unpaired) electrons. The zero-order chi connectivity index (χ0) is 4.24. The van der Waals surface area contributed by atoms with Gasteiger partial charge in [-0.05, 0) is 0 Å². The first-order valence-electron chi connectivity index (χ1n) is 1.61. The average molecular weight is 87.0 g/mol. The van der Waals surface area contributed by atoms with Crippen molar-refractivity contribution in [1.29, 1.82) is 0 Å². The molecule has 0 aliphatic carbocycles. The second kappa shape index (κ2) is 3.85. The third-order valence-electron chi connectivity index (χ3n) is 0.431. The van der Waals surface area contributed by atoms with Crippen molar-refractivity contribution < 1.29 is 0 Å². The van der Waals surface area contributed by atoms with Gasteiger partial charge in [0, 0.05) is 18.5 Å². The van der Waals surface area contributed by atoms with Crippen molar-refractivity contribution in [2.75, 3.05) is 0 Å². The maximum absolute atomic E-state index is 3.62. The summed E-state index contributed by atoms with van der Waals surface area (Å²) in [6.07, 6.45) is 4.59. The third kappa shape index (κ3) is 2.38. The van der Waals surface area contributed by atoms with Crippen molar-refractivity contribution in [2.24, 2.45) is 0 Å². The van der Waals surface area contributed by atoms with Crippen LogP contribution >= 0.6 is 0 Å². The van der Waals surface area contributed by atoms with E-state index in [0.717, 1.165) is 0 Å². The summed E-state index contributed by atoms with van der Waals surface area (Å²) in [5.74, 6) is 0. The van der Waals surface area contributed by atoms with Crippen LogP contribution in [-0.2, 0) is 0 Å². The summed E-state index contributed by atoms with van der Waals surface area (Å²) in [6, 6.07) is 2.67. The van der Waals surface area contributed by atoms with Gasteiger partial charge in [0.1, 0.15) is 6.33 Å². The fourth-order valence-corrected chi connectivity index (χ4v) is 0.225. The van der Waals surface area contributed by atoms with E-state index in [1.54, 1.807) is 12.4 Å². The van der Waals surface area contributed by atoms with Crippen LogP contribution in [0.2, 0.25) is 0 Å².